The molecule has 0 amide bonds. The number of hydrogen-bond donors (Lipinski definition) is 1. The molecule has 0 saturated carbocycles. The van der Waals surface area contributed by atoms with Crippen LogP contribution in [0.4, 0.5) is 4.39 Å². The van der Waals surface area contributed by atoms with Gasteiger partial charge in [0.2, 0.25) is 0 Å². The first-order valence-electron chi connectivity index (χ1n) is 2.01. The molecule has 0 aromatic carbocycles. The van der Waals surface area contributed by atoms with Crippen molar-refractivity contribution in [2.24, 2.45) is 0 Å². The van der Waals surface area contributed by atoms with Crippen LogP contribution in [-0.4, -0.2) is 17.9 Å². The van der Waals surface area contributed by atoms with Crippen LogP contribution in [0.2, 0.25) is 0 Å². The summed E-state index contributed by atoms with van der Waals surface area (Å²) in [4.78, 5) is 0. The number of hydrogen-bond acceptors (Lipinski definition) is 1. The van der Waals surface area contributed by atoms with E-state index in [-0.39, 0.29) is 6.42 Å². The van der Waals surface area contributed by atoms with Crippen molar-refractivity contribution in [2.45, 2.75) is 19.4 Å². The molecule has 0 aliphatic carbocycles. The molecule has 0 rings (SSSR count). The topological polar surface area (TPSA) is 20.2 Å². The van der Waals surface area contributed by atoms with E-state index < -0.39 is 12.8 Å². The Morgan fingerprint density at radius 2 is 2.33 bits per heavy atom. The average Bonchev–Trinajstić information content (AvgIpc) is 1.35. The standard InChI is InChI=1S/C4H9FO/c1-4(6)2-3-5/h4,6H,2-3H2,1H3/t4-/m0/s1. The van der Waals surface area contributed by atoms with Crippen molar-refractivity contribution in [3.05, 3.63) is 0 Å². The Morgan fingerprint density at radius 3 is 2.33 bits per heavy atom. The molecule has 0 unspecified atom stereocenters. The van der Waals surface area contributed by atoms with Gasteiger partial charge in [-0.15, -0.1) is 0 Å². The third kappa shape index (κ3) is 3.89. The molecule has 0 aromatic heterocycles. The summed E-state index contributed by atoms with van der Waals surface area (Å²) in [5.74, 6) is 0. The molecule has 0 aliphatic heterocycles. The summed E-state index contributed by atoms with van der Waals surface area (Å²) in [7, 11) is 0. The predicted octanol–water partition coefficient (Wildman–Crippen LogP) is 0.727. The summed E-state index contributed by atoms with van der Waals surface area (Å²) in [6.45, 7) is 1.15. The van der Waals surface area contributed by atoms with Crippen molar-refractivity contribution in [1.82, 2.24) is 0 Å². The van der Waals surface area contributed by atoms with Gasteiger partial charge in [0, 0.05) is 6.42 Å². The van der Waals surface area contributed by atoms with Gasteiger partial charge in [-0.25, -0.2) is 0 Å². The number of alkyl halides is 1. The van der Waals surface area contributed by atoms with Gasteiger partial charge in [0.15, 0.2) is 0 Å². The fraction of sp³-hybridized carbons (Fsp3) is 1.00. The Hall–Kier alpha value is -0.110. The van der Waals surface area contributed by atoms with Crippen LogP contribution in [0.5, 0.6) is 0 Å². The van der Waals surface area contributed by atoms with Crippen LogP contribution < -0.4 is 0 Å². The van der Waals surface area contributed by atoms with Crippen LogP contribution in [-0.2, 0) is 0 Å². The SMILES string of the molecule is C[C@H](O)CCF. The highest BCUT2D eigenvalue weighted by molar-refractivity contribution is 4.40. The second kappa shape index (κ2) is 3.09. The van der Waals surface area contributed by atoms with Gasteiger partial charge in [-0.05, 0) is 6.92 Å². The third-order valence-electron chi connectivity index (χ3n) is 0.527. The summed E-state index contributed by atoms with van der Waals surface area (Å²) in [6.07, 6.45) is -0.213. The predicted molar refractivity (Wildman–Crippen MR) is 22.3 cm³/mol. The van der Waals surface area contributed by atoms with Gasteiger partial charge < -0.3 is 5.11 Å². The molecule has 0 saturated heterocycles. The number of aliphatic hydroxyl groups excluding tert-OH is 1. The van der Waals surface area contributed by atoms with Gasteiger partial charge in [-0.3, -0.25) is 4.39 Å². The van der Waals surface area contributed by atoms with Gasteiger partial charge in [-0.1, -0.05) is 0 Å². The zero-order chi connectivity index (χ0) is 4.99. The van der Waals surface area contributed by atoms with Crippen LogP contribution in [0.25, 0.3) is 0 Å². The van der Waals surface area contributed by atoms with Crippen molar-refractivity contribution >= 4 is 0 Å². The monoisotopic (exact) mass is 92.1 g/mol. The second-order valence-electron chi connectivity index (χ2n) is 1.33. The third-order valence-corrected chi connectivity index (χ3v) is 0.527. The lowest BCUT2D eigenvalue weighted by molar-refractivity contribution is 0.172. The lowest BCUT2D eigenvalue weighted by Crippen LogP contribution is -1.98. The second-order valence-corrected chi connectivity index (χ2v) is 1.33. The average molecular weight is 92.1 g/mol. The fourth-order valence-electron chi connectivity index (χ4n) is 0.158. The Bertz CT molecular complexity index is 28.7. The summed E-state index contributed by atoms with van der Waals surface area (Å²) < 4.78 is 11.1. The van der Waals surface area contributed by atoms with E-state index in [4.69, 9.17) is 5.11 Å². The zero-order valence-electron chi connectivity index (χ0n) is 3.82. The number of aliphatic hydroxyl groups is 1. The fourth-order valence-corrected chi connectivity index (χ4v) is 0.158. The van der Waals surface area contributed by atoms with E-state index in [1.807, 2.05) is 0 Å². The smallest absolute Gasteiger partial charge is 0.0918 e. The Morgan fingerprint density at radius 1 is 1.83 bits per heavy atom. The maximum atomic E-state index is 11.1. The van der Waals surface area contributed by atoms with Crippen molar-refractivity contribution in [2.75, 3.05) is 6.67 Å². The molecule has 0 radical (unpaired) electrons. The summed E-state index contributed by atoms with van der Waals surface area (Å²) in [5, 5.41) is 8.31. The van der Waals surface area contributed by atoms with Crippen LogP contribution in [0.1, 0.15) is 13.3 Å². The van der Waals surface area contributed by atoms with Crippen LogP contribution >= 0.6 is 0 Å². The van der Waals surface area contributed by atoms with Crippen molar-refractivity contribution < 1.29 is 9.50 Å². The first-order chi connectivity index (χ1) is 2.77. The Kier molecular flexibility index (Phi) is 3.04. The molecule has 0 heterocycles. The van der Waals surface area contributed by atoms with Crippen molar-refractivity contribution in [3.8, 4) is 0 Å². The molecule has 0 bridgehead atoms. The van der Waals surface area contributed by atoms with E-state index in [2.05, 4.69) is 0 Å². The molecule has 1 atom stereocenters. The summed E-state index contributed by atoms with van der Waals surface area (Å²) in [6, 6.07) is 0. The minimum atomic E-state index is -0.477. The van der Waals surface area contributed by atoms with Gasteiger partial charge in [0.1, 0.15) is 0 Å². The molecule has 6 heavy (non-hydrogen) atoms. The largest absolute Gasteiger partial charge is 0.393 e. The maximum Gasteiger partial charge on any atom is 0.0918 e. The Labute approximate surface area is 36.8 Å². The van der Waals surface area contributed by atoms with E-state index in [1.54, 1.807) is 6.92 Å². The van der Waals surface area contributed by atoms with Crippen LogP contribution in [0.15, 0.2) is 0 Å². The van der Waals surface area contributed by atoms with Crippen LogP contribution in [0.3, 0.4) is 0 Å². The Balaban J connectivity index is 2.63. The molecule has 1 nitrogen and oxygen atoms in total. The first kappa shape index (κ1) is 5.89. The highest BCUT2D eigenvalue weighted by Crippen LogP contribution is 1.86. The number of halogens is 1. The van der Waals surface area contributed by atoms with Crippen molar-refractivity contribution in [3.63, 3.8) is 0 Å². The minimum absolute atomic E-state index is 0.264. The lowest BCUT2D eigenvalue weighted by Gasteiger charge is -1.93. The van der Waals surface area contributed by atoms with Crippen molar-refractivity contribution in [1.29, 1.82) is 0 Å². The molecule has 38 valence electrons. The van der Waals surface area contributed by atoms with Gasteiger partial charge in [0.05, 0.1) is 12.8 Å². The van der Waals surface area contributed by atoms with E-state index in [9.17, 15) is 4.39 Å². The molecule has 0 fully saturated rings. The highest BCUT2D eigenvalue weighted by atomic mass is 19.1. The highest BCUT2D eigenvalue weighted by Gasteiger charge is 1.89. The van der Waals surface area contributed by atoms with E-state index in [1.165, 1.54) is 0 Å². The normalized spacial score (nSPS) is 14.5. The summed E-state index contributed by atoms with van der Waals surface area (Å²) in [5.41, 5.74) is 0. The molecule has 2 heteroatoms. The van der Waals surface area contributed by atoms with Gasteiger partial charge >= 0.3 is 0 Å². The van der Waals surface area contributed by atoms with E-state index >= 15 is 0 Å². The number of rotatable bonds is 2. The molecular weight excluding hydrogens is 83.0 g/mol. The lowest BCUT2D eigenvalue weighted by atomic mass is 10.3. The first-order valence-corrected chi connectivity index (χ1v) is 2.01. The van der Waals surface area contributed by atoms with Crippen LogP contribution in [0, 0.1) is 0 Å². The quantitative estimate of drug-likeness (QED) is 0.532. The molecule has 0 aliphatic rings. The van der Waals surface area contributed by atoms with Gasteiger partial charge in [-0.2, -0.15) is 0 Å². The van der Waals surface area contributed by atoms with E-state index in [0.717, 1.165) is 0 Å². The summed E-state index contributed by atoms with van der Waals surface area (Å²) >= 11 is 0. The van der Waals surface area contributed by atoms with E-state index in [0.29, 0.717) is 0 Å². The molecule has 1 N–H and O–H groups in total. The maximum absolute atomic E-state index is 11.1. The molecular formula is C4H9FO. The molecule has 0 spiro atoms. The zero-order valence-corrected chi connectivity index (χ0v) is 3.82. The van der Waals surface area contributed by atoms with Gasteiger partial charge in [0.25, 0.3) is 0 Å². The molecule has 0 aromatic rings. The minimum Gasteiger partial charge on any atom is -0.393 e.